The van der Waals surface area contributed by atoms with Crippen LogP contribution >= 0.6 is 0 Å². The molecule has 0 saturated carbocycles. The normalized spacial score (nSPS) is 22.5. The summed E-state index contributed by atoms with van der Waals surface area (Å²) in [5, 5.41) is 8.76. The van der Waals surface area contributed by atoms with Gasteiger partial charge in [-0.25, -0.2) is 9.69 Å². The summed E-state index contributed by atoms with van der Waals surface area (Å²) in [4.78, 5) is 23.3. The van der Waals surface area contributed by atoms with Gasteiger partial charge >= 0.3 is 6.09 Å². The van der Waals surface area contributed by atoms with Gasteiger partial charge in [-0.15, -0.1) is 0 Å². The highest BCUT2D eigenvalue weighted by Crippen LogP contribution is 2.22. The van der Waals surface area contributed by atoms with Gasteiger partial charge in [-0.3, -0.25) is 4.79 Å². The minimum Gasteiger partial charge on any atom is -0.465 e. The molecule has 0 spiro atoms. The molecule has 2 amide bonds. The molecule has 1 aliphatic rings. The van der Waals surface area contributed by atoms with Crippen LogP contribution in [0.2, 0.25) is 0 Å². The van der Waals surface area contributed by atoms with E-state index in [1.165, 1.54) is 0 Å². The third kappa shape index (κ3) is 2.47. The molecule has 1 N–H and O–H groups in total. The summed E-state index contributed by atoms with van der Waals surface area (Å²) < 4.78 is 0. The number of unbranched alkanes of at least 4 members (excludes halogenated alkanes) is 1. The van der Waals surface area contributed by atoms with Crippen molar-refractivity contribution in [1.82, 2.24) is 4.90 Å². The molecule has 0 aromatic carbocycles. The Morgan fingerprint density at radius 2 is 2.36 bits per heavy atom. The molecule has 1 atom stereocenters. The fourth-order valence-electron chi connectivity index (χ4n) is 1.86. The Kier molecular flexibility index (Phi) is 3.92. The van der Waals surface area contributed by atoms with Gasteiger partial charge in [-0.2, -0.15) is 0 Å². The number of amides is 2. The van der Waals surface area contributed by atoms with Crippen molar-refractivity contribution in [1.29, 1.82) is 0 Å². The average Bonchev–Trinajstić information content (AvgIpc) is 2.16. The van der Waals surface area contributed by atoms with Gasteiger partial charge in [0.25, 0.3) is 0 Å². The first-order valence-corrected chi connectivity index (χ1v) is 5.21. The van der Waals surface area contributed by atoms with Crippen LogP contribution in [0.3, 0.4) is 0 Å². The second-order valence-electron chi connectivity index (χ2n) is 3.75. The van der Waals surface area contributed by atoms with Gasteiger partial charge in [-0.1, -0.05) is 19.8 Å². The molecule has 80 valence electrons. The Morgan fingerprint density at radius 1 is 1.64 bits per heavy atom. The third-order valence-corrected chi connectivity index (χ3v) is 2.69. The van der Waals surface area contributed by atoms with Crippen molar-refractivity contribution < 1.29 is 14.7 Å². The average molecular weight is 199 g/mol. The largest absolute Gasteiger partial charge is 0.465 e. The quantitative estimate of drug-likeness (QED) is 0.757. The van der Waals surface area contributed by atoms with Crippen LogP contribution in [0.15, 0.2) is 0 Å². The van der Waals surface area contributed by atoms with Crippen LogP contribution in [0.5, 0.6) is 0 Å². The Labute approximate surface area is 83.9 Å². The number of rotatable bonds is 3. The summed E-state index contributed by atoms with van der Waals surface area (Å²) in [6.45, 7) is 2.44. The highest BCUT2D eigenvalue weighted by Gasteiger charge is 2.31. The predicted octanol–water partition coefficient (Wildman–Crippen LogP) is 2.09. The molecule has 0 aromatic rings. The molecule has 1 unspecified atom stereocenters. The van der Waals surface area contributed by atoms with Crippen LogP contribution in [0.25, 0.3) is 0 Å². The van der Waals surface area contributed by atoms with E-state index in [4.69, 9.17) is 5.11 Å². The highest BCUT2D eigenvalue weighted by atomic mass is 16.4. The van der Waals surface area contributed by atoms with E-state index in [2.05, 4.69) is 6.92 Å². The summed E-state index contributed by atoms with van der Waals surface area (Å²) >= 11 is 0. The van der Waals surface area contributed by atoms with E-state index in [-0.39, 0.29) is 11.8 Å². The maximum atomic E-state index is 11.6. The molecule has 0 aromatic heterocycles. The van der Waals surface area contributed by atoms with E-state index in [1.807, 2.05) is 0 Å². The number of imide groups is 1. The highest BCUT2D eigenvalue weighted by molar-refractivity contribution is 5.93. The first kappa shape index (κ1) is 11.0. The van der Waals surface area contributed by atoms with E-state index < -0.39 is 6.09 Å². The zero-order valence-corrected chi connectivity index (χ0v) is 8.53. The van der Waals surface area contributed by atoms with Gasteiger partial charge in [0.15, 0.2) is 0 Å². The molecule has 1 heterocycles. The van der Waals surface area contributed by atoms with E-state index in [9.17, 15) is 9.59 Å². The van der Waals surface area contributed by atoms with Crippen LogP contribution < -0.4 is 0 Å². The van der Waals surface area contributed by atoms with Gasteiger partial charge < -0.3 is 5.11 Å². The number of piperidine rings is 1. The third-order valence-electron chi connectivity index (χ3n) is 2.69. The summed E-state index contributed by atoms with van der Waals surface area (Å²) in [7, 11) is 0. The second-order valence-corrected chi connectivity index (χ2v) is 3.75. The predicted molar refractivity (Wildman–Crippen MR) is 52.0 cm³/mol. The van der Waals surface area contributed by atoms with Gasteiger partial charge in [0.2, 0.25) is 5.91 Å². The van der Waals surface area contributed by atoms with Crippen molar-refractivity contribution in [2.45, 2.75) is 39.0 Å². The van der Waals surface area contributed by atoms with Crippen LogP contribution in [0.4, 0.5) is 4.79 Å². The summed E-state index contributed by atoms with van der Waals surface area (Å²) in [6, 6.07) is 0. The van der Waals surface area contributed by atoms with Crippen molar-refractivity contribution >= 4 is 12.0 Å². The number of carboxylic acid groups (broad SMARTS) is 1. The van der Waals surface area contributed by atoms with E-state index >= 15 is 0 Å². The monoisotopic (exact) mass is 199 g/mol. The number of carbonyl (C=O) groups is 2. The molecular weight excluding hydrogens is 182 g/mol. The van der Waals surface area contributed by atoms with Crippen molar-refractivity contribution in [2.24, 2.45) is 5.92 Å². The zero-order valence-electron chi connectivity index (χ0n) is 8.53. The Bertz CT molecular complexity index is 227. The molecule has 1 aliphatic heterocycles. The van der Waals surface area contributed by atoms with E-state index in [1.54, 1.807) is 0 Å². The molecule has 0 bridgehead atoms. The van der Waals surface area contributed by atoms with Crippen LogP contribution in [0.1, 0.15) is 39.0 Å². The van der Waals surface area contributed by atoms with Crippen LogP contribution in [-0.2, 0) is 4.79 Å². The second kappa shape index (κ2) is 4.98. The SMILES string of the molecule is CCCCC1CCCN(C(=O)O)C1=O. The number of nitrogens with zero attached hydrogens (tertiary/aromatic N) is 1. The minimum atomic E-state index is -1.10. The minimum absolute atomic E-state index is 0.0557. The lowest BCUT2D eigenvalue weighted by Crippen LogP contribution is -2.44. The van der Waals surface area contributed by atoms with Crippen LogP contribution in [0, 0.1) is 5.92 Å². The lowest BCUT2D eigenvalue weighted by Gasteiger charge is -2.28. The zero-order chi connectivity index (χ0) is 10.6. The number of carbonyl (C=O) groups excluding carboxylic acids is 1. The first-order chi connectivity index (χ1) is 6.66. The number of hydrogen-bond donors (Lipinski definition) is 1. The van der Waals surface area contributed by atoms with E-state index in [0.717, 1.165) is 37.0 Å². The molecule has 1 fully saturated rings. The lowest BCUT2D eigenvalue weighted by atomic mass is 9.92. The first-order valence-electron chi connectivity index (χ1n) is 5.21. The van der Waals surface area contributed by atoms with Gasteiger partial charge in [0.1, 0.15) is 0 Å². The summed E-state index contributed by atoms with van der Waals surface area (Å²) in [5.74, 6) is -0.253. The van der Waals surface area contributed by atoms with Gasteiger partial charge in [0, 0.05) is 12.5 Å². The fraction of sp³-hybridized carbons (Fsp3) is 0.800. The topological polar surface area (TPSA) is 57.6 Å². The Balaban J connectivity index is 2.52. The van der Waals surface area contributed by atoms with E-state index in [0.29, 0.717) is 6.54 Å². The number of hydrogen-bond acceptors (Lipinski definition) is 2. The molecule has 0 radical (unpaired) electrons. The molecule has 1 rings (SSSR count). The Morgan fingerprint density at radius 3 is 2.93 bits per heavy atom. The molecular formula is C10H17NO3. The molecule has 0 aliphatic carbocycles. The van der Waals surface area contributed by atoms with Crippen molar-refractivity contribution in [3.63, 3.8) is 0 Å². The molecule has 4 nitrogen and oxygen atoms in total. The smallest absolute Gasteiger partial charge is 0.414 e. The van der Waals surface area contributed by atoms with Crippen molar-refractivity contribution in [3.8, 4) is 0 Å². The van der Waals surface area contributed by atoms with Crippen molar-refractivity contribution in [2.75, 3.05) is 6.54 Å². The Hall–Kier alpha value is -1.06. The summed E-state index contributed by atoms with van der Waals surface area (Å²) in [6.07, 6.45) is 3.45. The fourth-order valence-corrected chi connectivity index (χ4v) is 1.86. The maximum Gasteiger partial charge on any atom is 0.414 e. The molecule has 4 heteroatoms. The lowest BCUT2D eigenvalue weighted by molar-refractivity contribution is -0.136. The number of likely N-dealkylation sites (tertiary alicyclic amines) is 1. The van der Waals surface area contributed by atoms with Gasteiger partial charge in [-0.05, 0) is 19.3 Å². The van der Waals surface area contributed by atoms with Gasteiger partial charge in [0.05, 0.1) is 0 Å². The van der Waals surface area contributed by atoms with Crippen LogP contribution in [-0.4, -0.2) is 28.6 Å². The standard InChI is InChI=1S/C10H17NO3/c1-2-3-5-8-6-4-7-11(9(8)12)10(13)14/h8H,2-7H2,1H3,(H,13,14). The molecule has 1 saturated heterocycles. The maximum absolute atomic E-state index is 11.6. The summed E-state index contributed by atoms with van der Waals surface area (Å²) in [5.41, 5.74) is 0. The molecule has 14 heavy (non-hydrogen) atoms. The van der Waals surface area contributed by atoms with Crippen molar-refractivity contribution in [3.05, 3.63) is 0 Å².